The van der Waals surface area contributed by atoms with Gasteiger partial charge >= 0.3 is 0 Å². The van der Waals surface area contributed by atoms with Crippen LogP contribution in [0.2, 0.25) is 0 Å². The van der Waals surface area contributed by atoms with E-state index in [9.17, 15) is 0 Å². The molecular weight excluding hydrogens is 246 g/mol. The maximum atomic E-state index is 4.50. The summed E-state index contributed by atoms with van der Waals surface area (Å²) in [7, 11) is 2.00. The van der Waals surface area contributed by atoms with Crippen molar-refractivity contribution >= 4 is 11.6 Å². The van der Waals surface area contributed by atoms with Gasteiger partial charge in [-0.2, -0.15) is 0 Å². The summed E-state index contributed by atoms with van der Waals surface area (Å²) in [6.45, 7) is 10.7. The lowest BCUT2D eigenvalue weighted by Crippen LogP contribution is -2.15. The minimum Gasteiger partial charge on any atom is -0.314 e. The highest BCUT2D eigenvalue weighted by Crippen LogP contribution is 2.26. The highest BCUT2D eigenvalue weighted by Gasteiger charge is 2.14. The molecule has 0 unspecified atom stereocenters. The van der Waals surface area contributed by atoms with Gasteiger partial charge in [0.1, 0.15) is 0 Å². The third kappa shape index (κ3) is 3.16. The molecule has 0 spiro atoms. The predicted octanol–water partition coefficient (Wildman–Crippen LogP) is 4.16. The van der Waals surface area contributed by atoms with Gasteiger partial charge in [0.2, 0.25) is 5.95 Å². The van der Waals surface area contributed by atoms with Crippen LogP contribution in [0, 0.1) is 13.8 Å². The Kier molecular flexibility index (Phi) is 3.80. The maximum Gasteiger partial charge on any atom is 0.230 e. The van der Waals surface area contributed by atoms with Gasteiger partial charge in [0.25, 0.3) is 0 Å². The lowest BCUT2D eigenvalue weighted by Gasteiger charge is -2.22. The van der Waals surface area contributed by atoms with Crippen LogP contribution in [0.15, 0.2) is 30.3 Å². The Hall–Kier alpha value is -1.90. The second kappa shape index (κ2) is 5.23. The zero-order valence-electron chi connectivity index (χ0n) is 13.2. The fourth-order valence-electron chi connectivity index (χ4n) is 2.16. The summed E-state index contributed by atoms with van der Waals surface area (Å²) < 4.78 is 0. The van der Waals surface area contributed by atoms with Crippen molar-refractivity contribution in [3.05, 3.63) is 47.3 Å². The van der Waals surface area contributed by atoms with Crippen molar-refractivity contribution in [1.29, 1.82) is 0 Å². The lowest BCUT2D eigenvalue weighted by atomic mass is 9.87. The van der Waals surface area contributed by atoms with Crippen molar-refractivity contribution < 1.29 is 0 Å². The zero-order chi connectivity index (χ0) is 14.9. The van der Waals surface area contributed by atoms with Gasteiger partial charge in [0.15, 0.2) is 0 Å². The molecule has 106 valence electrons. The predicted molar refractivity (Wildman–Crippen MR) is 84.7 cm³/mol. The molecular formula is C17H23N3. The van der Waals surface area contributed by atoms with Crippen LogP contribution < -0.4 is 4.90 Å². The highest BCUT2D eigenvalue weighted by atomic mass is 15.2. The minimum atomic E-state index is 0.174. The van der Waals surface area contributed by atoms with E-state index in [0.29, 0.717) is 0 Å². The van der Waals surface area contributed by atoms with Crippen LogP contribution in [0.4, 0.5) is 11.6 Å². The van der Waals surface area contributed by atoms with Crippen LogP contribution in [0.25, 0.3) is 0 Å². The summed E-state index contributed by atoms with van der Waals surface area (Å²) in [6.07, 6.45) is 0. The van der Waals surface area contributed by atoms with E-state index in [4.69, 9.17) is 0 Å². The molecule has 0 aliphatic rings. The number of hydrogen-bond acceptors (Lipinski definition) is 3. The van der Waals surface area contributed by atoms with Crippen molar-refractivity contribution in [2.24, 2.45) is 0 Å². The molecule has 0 N–H and O–H groups in total. The van der Waals surface area contributed by atoms with E-state index in [1.807, 2.05) is 31.9 Å². The van der Waals surface area contributed by atoms with E-state index in [2.05, 4.69) is 55.0 Å². The Bertz CT molecular complexity index is 574. The zero-order valence-corrected chi connectivity index (χ0v) is 13.2. The molecule has 3 nitrogen and oxygen atoms in total. The Labute approximate surface area is 121 Å². The Morgan fingerprint density at radius 1 is 0.900 bits per heavy atom. The van der Waals surface area contributed by atoms with Gasteiger partial charge in [-0.25, -0.2) is 9.97 Å². The molecule has 0 fully saturated rings. The fourth-order valence-corrected chi connectivity index (χ4v) is 2.16. The molecule has 0 atom stereocenters. The molecule has 20 heavy (non-hydrogen) atoms. The van der Waals surface area contributed by atoms with Crippen LogP contribution in [-0.2, 0) is 5.41 Å². The molecule has 2 aromatic rings. The van der Waals surface area contributed by atoms with Crippen LogP contribution in [0.5, 0.6) is 0 Å². The molecule has 0 saturated carbocycles. The number of benzene rings is 1. The average Bonchev–Trinajstić information content (AvgIpc) is 2.36. The summed E-state index contributed by atoms with van der Waals surface area (Å²) in [5.74, 6) is 0.742. The van der Waals surface area contributed by atoms with Crippen molar-refractivity contribution in [1.82, 2.24) is 9.97 Å². The number of aromatic nitrogens is 2. The van der Waals surface area contributed by atoms with Crippen LogP contribution in [0.3, 0.4) is 0 Å². The van der Waals surface area contributed by atoms with Crippen molar-refractivity contribution in [2.45, 2.75) is 40.0 Å². The molecule has 0 radical (unpaired) electrons. The molecule has 0 saturated heterocycles. The molecule has 0 amide bonds. The van der Waals surface area contributed by atoms with Crippen LogP contribution in [-0.4, -0.2) is 17.0 Å². The van der Waals surface area contributed by atoms with Gasteiger partial charge in [-0.15, -0.1) is 0 Å². The average molecular weight is 269 g/mol. The topological polar surface area (TPSA) is 29.0 Å². The molecule has 1 heterocycles. The molecule has 0 aliphatic carbocycles. The Morgan fingerprint density at radius 3 is 1.85 bits per heavy atom. The van der Waals surface area contributed by atoms with Crippen molar-refractivity contribution in [3.8, 4) is 0 Å². The monoisotopic (exact) mass is 269 g/mol. The second-order valence-electron chi connectivity index (χ2n) is 6.31. The van der Waals surface area contributed by atoms with E-state index < -0.39 is 0 Å². The van der Waals surface area contributed by atoms with Crippen molar-refractivity contribution in [3.63, 3.8) is 0 Å². The third-order valence-electron chi connectivity index (χ3n) is 3.39. The first-order chi connectivity index (χ1) is 9.27. The lowest BCUT2D eigenvalue weighted by molar-refractivity contribution is 0.590. The van der Waals surface area contributed by atoms with E-state index in [1.54, 1.807) is 0 Å². The molecule has 0 aliphatic heterocycles. The van der Waals surface area contributed by atoms with Crippen LogP contribution >= 0.6 is 0 Å². The SMILES string of the molecule is Cc1cc(C)nc(N(C)c2ccc(C(C)(C)C)cc2)n1. The number of hydrogen-bond donors (Lipinski definition) is 0. The fraction of sp³-hybridized carbons (Fsp3) is 0.412. The first-order valence-corrected chi connectivity index (χ1v) is 6.94. The van der Waals surface area contributed by atoms with E-state index in [-0.39, 0.29) is 5.41 Å². The quantitative estimate of drug-likeness (QED) is 0.819. The van der Waals surface area contributed by atoms with Gasteiger partial charge in [0.05, 0.1) is 0 Å². The van der Waals surface area contributed by atoms with Gasteiger partial charge < -0.3 is 4.90 Å². The number of aryl methyl sites for hydroxylation is 2. The maximum absolute atomic E-state index is 4.50. The highest BCUT2D eigenvalue weighted by molar-refractivity contribution is 5.57. The number of rotatable bonds is 2. The van der Waals surface area contributed by atoms with E-state index in [1.165, 1.54) is 5.56 Å². The Morgan fingerprint density at radius 2 is 1.40 bits per heavy atom. The number of anilines is 2. The van der Waals surface area contributed by atoms with Gasteiger partial charge in [-0.1, -0.05) is 32.9 Å². The summed E-state index contributed by atoms with van der Waals surface area (Å²) in [6, 6.07) is 10.6. The first-order valence-electron chi connectivity index (χ1n) is 6.94. The van der Waals surface area contributed by atoms with Gasteiger partial charge in [-0.05, 0) is 43.0 Å². The summed E-state index contributed by atoms with van der Waals surface area (Å²) in [5.41, 5.74) is 4.59. The van der Waals surface area contributed by atoms with E-state index >= 15 is 0 Å². The normalized spacial score (nSPS) is 11.5. The molecule has 2 rings (SSSR count). The summed E-state index contributed by atoms with van der Waals surface area (Å²) in [4.78, 5) is 11.0. The molecule has 3 heteroatoms. The summed E-state index contributed by atoms with van der Waals surface area (Å²) in [5, 5.41) is 0. The standard InChI is InChI=1S/C17H23N3/c1-12-11-13(2)19-16(18-12)20(6)15-9-7-14(8-10-15)17(3,4)5/h7-11H,1-6H3. The van der Waals surface area contributed by atoms with Gasteiger partial charge in [0, 0.05) is 24.1 Å². The minimum absolute atomic E-state index is 0.174. The van der Waals surface area contributed by atoms with Crippen molar-refractivity contribution in [2.75, 3.05) is 11.9 Å². The first kappa shape index (κ1) is 14.5. The van der Waals surface area contributed by atoms with Gasteiger partial charge in [-0.3, -0.25) is 0 Å². The summed E-state index contributed by atoms with van der Waals surface area (Å²) >= 11 is 0. The molecule has 1 aromatic heterocycles. The number of nitrogens with zero attached hydrogens (tertiary/aromatic N) is 3. The smallest absolute Gasteiger partial charge is 0.230 e. The Balaban J connectivity index is 2.31. The molecule has 0 bridgehead atoms. The second-order valence-corrected chi connectivity index (χ2v) is 6.31. The van der Waals surface area contributed by atoms with E-state index in [0.717, 1.165) is 23.0 Å². The van der Waals surface area contributed by atoms with Crippen LogP contribution in [0.1, 0.15) is 37.7 Å². The third-order valence-corrected chi connectivity index (χ3v) is 3.39. The molecule has 1 aromatic carbocycles. The largest absolute Gasteiger partial charge is 0.314 e.